The van der Waals surface area contributed by atoms with Crippen LogP contribution in [0.4, 0.5) is 0 Å². The molecule has 0 saturated carbocycles. The Morgan fingerprint density at radius 2 is 2.22 bits per heavy atom. The molecule has 1 N–H and O–H groups in total. The van der Waals surface area contributed by atoms with Crippen molar-refractivity contribution in [1.82, 2.24) is 0 Å². The van der Waals surface area contributed by atoms with Gasteiger partial charge in [0.15, 0.2) is 0 Å². The molecule has 18 heavy (non-hydrogen) atoms. The maximum Gasteiger partial charge on any atom is 0.134 e. The van der Waals surface area contributed by atoms with E-state index in [0.29, 0.717) is 5.76 Å². The van der Waals surface area contributed by atoms with E-state index in [1.807, 2.05) is 41.7 Å². The molecular weight excluding hydrogens is 264 g/mol. The topological polar surface area (TPSA) is 33.4 Å². The van der Waals surface area contributed by atoms with Crippen molar-refractivity contribution in [2.24, 2.45) is 0 Å². The lowest BCUT2D eigenvalue weighted by atomic mass is 10.1. The molecule has 3 rings (SSSR count). The van der Waals surface area contributed by atoms with Crippen molar-refractivity contribution in [2.45, 2.75) is 18.3 Å². The molecule has 0 bridgehead atoms. The lowest BCUT2D eigenvalue weighted by Gasteiger charge is -2.24. The first-order chi connectivity index (χ1) is 8.74. The summed E-state index contributed by atoms with van der Waals surface area (Å²) in [5, 5.41) is 11.7. The van der Waals surface area contributed by atoms with Crippen molar-refractivity contribution < 1.29 is 9.52 Å². The van der Waals surface area contributed by atoms with Gasteiger partial charge in [-0.1, -0.05) is 11.6 Å². The Balaban J connectivity index is 1.88. The number of hydrogen-bond acceptors (Lipinski definition) is 4. The Labute approximate surface area is 115 Å². The SMILES string of the molecule is Cc1ccc2oc(C(O)C3CSCCS3)cc2c1. The van der Waals surface area contributed by atoms with Crippen LogP contribution in [0, 0.1) is 6.92 Å². The standard InChI is InChI=1S/C14H16O2S2/c1-9-2-3-11-10(6-9)7-12(16-11)14(15)13-8-17-4-5-18-13/h2-3,6-7,13-15H,4-5,8H2,1H3. The Morgan fingerprint density at radius 3 is 3.00 bits per heavy atom. The number of benzene rings is 1. The van der Waals surface area contributed by atoms with Crippen LogP contribution >= 0.6 is 23.5 Å². The van der Waals surface area contributed by atoms with Crippen LogP contribution < -0.4 is 0 Å². The second-order valence-corrected chi connectivity index (χ2v) is 7.12. The predicted molar refractivity (Wildman–Crippen MR) is 79.5 cm³/mol. The van der Waals surface area contributed by atoms with Gasteiger partial charge in [-0.15, -0.1) is 0 Å². The summed E-state index contributed by atoms with van der Waals surface area (Å²) in [5.41, 5.74) is 2.08. The van der Waals surface area contributed by atoms with Gasteiger partial charge >= 0.3 is 0 Å². The number of aliphatic hydroxyl groups is 1. The number of fused-ring (bicyclic) bond motifs is 1. The summed E-state index contributed by atoms with van der Waals surface area (Å²) in [6, 6.07) is 8.08. The largest absolute Gasteiger partial charge is 0.458 e. The van der Waals surface area contributed by atoms with Crippen molar-refractivity contribution in [1.29, 1.82) is 0 Å². The predicted octanol–water partition coefficient (Wildman–Crippen LogP) is 3.62. The summed E-state index contributed by atoms with van der Waals surface area (Å²) < 4.78 is 5.77. The first-order valence-electron chi connectivity index (χ1n) is 6.11. The van der Waals surface area contributed by atoms with Gasteiger partial charge in [0.2, 0.25) is 0 Å². The lowest BCUT2D eigenvalue weighted by molar-refractivity contribution is 0.154. The van der Waals surface area contributed by atoms with Crippen LogP contribution in [0.25, 0.3) is 11.0 Å². The molecule has 1 aliphatic rings. The number of furan rings is 1. The van der Waals surface area contributed by atoms with Crippen molar-refractivity contribution in [2.75, 3.05) is 17.3 Å². The van der Waals surface area contributed by atoms with Crippen LogP contribution in [0.15, 0.2) is 28.7 Å². The summed E-state index contributed by atoms with van der Waals surface area (Å²) in [4.78, 5) is 0. The molecule has 96 valence electrons. The third kappa shape index (κ3) is 2.42. The van der Waals surface area contributed by atoms with Gasteiger partial charge in [0.1, 0.15) is 17.4 Å². The van der Waals surface area contributed by atoms with Gasteiger partial charge in [0.25, 0.3) is 0 Å². The van der Waals surface area contributed by atoms with E-state index < -0.39 is 6.10 Å². The van der Waals surface area contributed by atoms with Gasteiger partial charge in [-0.3, -0.25) is 0 Å². The number of hydrogen-bond donors (Lipinski definition) is 1. The van der Waals surface area contributed by atoms with Crippen LogP contribution in [-0.2, 0) is 0 Å². The smallest absolute Gasteiger partial charge is 0.134 e. The number of thioether (sulfide) groups is 2. The molecule has 1 aliphatic heterocycles. The third-order valence-electron chi connectivity index (χ3n) is 3.18. The fraction of sp³-hybridized carbons (Fsp3) is 0.429. The highest BCUT2D eigenvalue weighted by molar-refractivity contribution is 8.06. The van der Waals surface area contributed by atoms with Crippen molar-refractivity contribution >= 4 is 34.5 Å². The van der Waals surface area contributed by atoms with E-state index in [0.717, 1.165) is 22.5 Å². The third-order valence-corrected chi connectivity index (χ3v) is 6.03. The number of aryl methyl sites for hydroxylation is 1. The fourth-order valence-corrected chi connectivity index (χ4v) is 4.93. The zero-order valence-electron chi connectivity index (χ0n) is 10.3. The second-order valence-electron chi connectivity index (χ2n) is 4.62. The second kappa shape index (κ2) is 5.19. The zero-order valence-corrected chi connectivity index (χ0v) is 11.9. The van der Waals surface area contributed by atoms with E-state index in [2.05, 4.69) is 13.0 Å². The molecule has 0 radical (unpaired) electrons. The first-order valence-corrected chi connectivity index (χ1v) is 8.32. The number of aliphatic hydroxyl groups excluding tert-OH is 1. The maximum atomic E-state index is 10.4. The summed E-state index contributed by atoms with van der Waals surface area (Å²) >= 11 is 3.76. The Kier molecular flexibility index (Phi) is 3.59. The summed E-state index contributed by atoms with van der Waals surface area (Å²) in [6.45, 7) is 2.07. The summed E-state index contributed by atoms with van der Waals surface area (Å²) in [7, 11) is 0. The molecule has 2 nitrogen and oxygen atoms in total. The van der Waals surface area contributed by atoms with Crippen LogP contribution in [0.2, 0.25) is 0 Å². The normalized spacial score (nSPS) is 22.2. The molecule has 2 unspecified atom stereocenters. The van der Waals surface area contributed by atoms with E-state index in [1.165, 1.54) is 11.3 Å². The molecule has 2 aromatic rings. The van der Waals surface area contributed by atoms with Crippen molar-refractivity contribution in [3.63, 3.8) is 0 Å². The molecule has 1 saturated heterocycles. The van der Waals surface area contributed by atoms with E-state index in [-0.39, 0.29) is 5.25 Å². The highest BCUT2D eigenvalue weighted by Crippen LogP contribution is 2.35. The maximum absolute atomic E-state index is 10.4. The van der Waals surface area contributed by atoms with Crippen LogP contribution in [0.3, 0.4) is 0 Å². The lowest BCUT2D eigenvalue weighted by Crippen LogP contribution is -2.21. The van der Waals surface area contributed by atoms with Crippen LogP contribution in [0.5, 0.6) is 0 Å². The van der Waals surface area contributed by atoms with Gasteiger partial charge in [-0.2, -0.15) is 23.5 Å². The molecule has 1 aromatic heterocycles. The highest BCUT2D eigenvalue weighted by atomic mass is 32.2. The average molecular weight is 280 g/mol. The van der Waals surface area contributed by atoms with Crippen LogP contribution in [-0.4, -0.2) is 27.6 Å². The minimum Gasteiger partial charge on any atom is -0.458 e. The van der Waals surface area contributed by atoms with Gasteiger partial charge < -0.3 is 9.52 Å². The molecule has 0 spiro atoms. The van der Waals surface area contributed by atoms with Gasteiger partial charge in [-0.05, 0) is 25.1 Å². The van der Waals surface area contributed by atoms with E-state index in [1.54, 1.807) is 0 Å². The molecule has 0 amide bonds. The van der Waals surface area contributed by atoms with Gasteiger partial charge in [0.05, 0.1) is 0 Å². The first kappa shape index (κ1) is 12.5. The fourth-order valence-electron chi connectivity index (χ4n) is 2.20. The van der Waals surface area contributed by atoms with Crippen LogP contribution in [0.1, 0.15) is 17.4 Å². The molecule has 2 heterocycles. The monoisotopic (exact) mass is 280 g/mol. The van der Waals surface area contributed by atoms with E-state index >= 15 is 0 Å². The minimum absolute atomic E-state index is 0.255. The summed E-state index contributed by atoms with van der Waals surface area (Å²) in [5.74, 6) is 4.01. The average Bonchev–Trinajstić information content (AvgIpc) is 2.81. The summed E-state index contributed by atoms with van der Waals surface area (Å²) in [6.07, 6.45) is -0.490. The number of rotatable bonds is 2. The minimum atomic E-state index is -0.490. The zero-order chi connectivity index (χ0) is 12.5. The quantitative estimate of drug-likeness (QED) is 0.911. The van der Waals surface area contributed by atoms with E-state index in [4.69, 9.17) is 4.42 Å². The Hall–Kier alpha value is -0.580. The van der Waals surface area contributed by atoms with E-state index in [9.17, 15) is 5.11 Å². The molecule has 2 atom stereocenters. The Morgan fingerprint density at radius 1 is 1.33 bits per heavy atom. The van der Waals surface area contributed by atoms with Crippen molar-refractivity contribution in [3.8, 4) is 0 Å². The molecule has 4 heteroatoms. The van der Waals surface area contributed by atoms with Crippen molar-refractivity contribution in [3.05, 3.63) is 35.6 Å². The molecule has 1 fully saturated rings. The highest BCUT2D eigenvalue weighted by Gasteiger charge is 2.26. The van der Waals surface area contributed by atoms with Gasteiger partial charge in [-0.25, -0.2) is 0 Å². The molecule has 1 aromatic carbocycles. The Bertz CT molecular complexity index is 544. The molecular formula is C14H16O2S2. The van der Waals surface area contributed by atoms with Gasteiger partial charge in [0, 0.05) is 27.9 Å². The molecule has 0 aliphatic carbocycles.